The average Bonchev–Trinajstić information content (AvgIpc) is 3.54. The first kappa shape index (κ1) is 23.9. The molecule has 0 aliphatic rings. The van der Waals surface area contributed by atoms with Gasteiger partial charge in [-0.05, 0) is 53.5 Å². The van der Waals surface area contributed by atoms with Crippen LogP contribution in [0.5, 0.6) is 0 Å². The van der Waals surface area contributed by atoms with Gasteiger partial charge in [0.2, 0.25) is 5.91 Å². The van der Waals surface area contributed by atoms with Crippen LogP contribution in [0.4, 0.5) is 14.6 Å². The quantitative estimate of drug-likeness (QED) is 0.271. The van der Waals surface area contributed by atoms with Crippen molar-refractivity contribution in [2.24, 2.45) is 0 Å². The molecule has 0 bridgehead atoms. The summed E-state index contributed by atoms with van der Waals surface area (Å²) in [6.45, 7) is 3.93. The third kappa shape index (κ3) is 4.78. The topological polar surface area (TPSA) is 90.8 Å². The third-order valence-corrected chi connectivity index (χ3v) is 6.19. The molecule has 4 aromatic heterocycles. The first-order chi connectivity index (χ1) is 17.3. The number of carbonyl (C=O) groups excluding carboxylic acids is 1. The van der Waals surface area contributed by atoms with E-state index in [-0.39, 0.29) is 28.8 Å². The number of fused-ring (bicyclic) bond motifs is 1. The number of nitrogens with zero attached hydrogens (tertiary/aromatic N) is 5. The molecule has 0 radical (unpaired) electrons. The van der Waals surface area contributed by atoms with E-state index in [4.69, 9.17) is 4.42 Å². The second-order valence-corrected chi connectivity index (χ2v) is 9.23. The standard InChI is InChI=1S/C25H21BrF2N6O2/c1-14-5-3-6-16(9-14)11-33-12-18(26)24(32-33)30-21(35)13-34-25-22(15(2)31-34)17(23(27)28)10-19(29-25)20-7-4-8-36-20/h3-10,12,23H,11,13H2,1-2H3,(H,30,32,35). The Labute approximate surface area is 213 Å². The van der Waals surface area contributed by atoms with Crippen molar-refractivity contribution in [1.82, 2.24) is 24.5 Å². The molecule has 1 amide bonds. The fourth-order valence-electron chi connectivity index (χ4n) is 4.09. The van der Waals surface area contributed by atoms with Crippen LogP contribution in [-0.2, 0) is 17.9 Å². The lowest BCUT2D eigenvalue weighted by Crippen LogP contribution is -2.20. The molecule has 0 aliphatic heterocycles. The van der Waals surface area contributed by atoms with E-state index in [1.165, 1.54) is 17.0 Å². The van der Waals surface area contributed by atoms with Gasteiger partial charge >= 0.3 is 0 Å². The van der Waals surface area contributed by atoms with Crippen LogP contribution in [0.2, 0.25) is 0 Å². The Morgan fingerprint density at radius 3 is 2.72 bits per heavy atom. The number of aryl methyl sites for hydroxylation is 2. The number of nitrogens with one attached hydrogen (secondary N) is 1. The molecule has 0 saturated heterocycles. The predicted octanol–water partition coefficient (Wildman–Crippen LogP) is 5.89. The molecule has 1 N–H and O–H groups in total. The summed E-state index contributed by atoms with van der Waals surface area (Å²) < 4.78 is 36.8. The van der Waals surface area contributed by atoms with Crippen LogP contribution in [-0.4, -0.2) is 30.5 Å². The van der Waals surface area contributed by atoms with Crippen LogP contribution in [0.25, 0.3) is 22.5 Å². The van der Waals surface area contributed by atoms with Gasteiger partial charge in [0.1, 0.15) is 12.2 Å². The number of benzene rings is 1. The Kier molecular flexibility index (Phi) is 6.40. The Hall–Kier alpha value is -3.86. The summed E-state index contributed by atoms with van der Waals surface area (Å²) in [4.78, 5) is 17.4. The van der Waals surface area contributed by atoms with Crippen molar-refractivity contribution in [2.75, 3.05) is 5.32 Å². The normalized spacial score (nSPS) is 11.5. The minimum atomic E-state index is -2.75. The average molecular weight is 555 g/mol. The first-order valence-corrected chi connectivity index (χ1v) is 11.9. The number of hydrogen-bond acceptors (Lipinski definition) is 5. The highest BCUT2D eigenvalue weighted by Crippen LogP contribution is 2.33. The van der Waals surface area contributed by atoms with E-state index in [0.717, 1.165) is 11.1 Å². The van der Waals surface area contributed by atoms with Gasteiger partial charge in [-0.3, -0.25) is 9.48 Å². The number of furan rings is 1. The number of halogens is 3. The van der Waals surface area contributed by atoms with Crippen molar-refractivity contribution in [1.29, 1.82) is 0 Å². The second kappa shape index (κ2) is 9.65. The van der Waals surface area contributed by atoms with Gasteiger partial charge in [-0.1, -0.05) is 29.8 Å². The van der Waals surface area contributed by atoms with Crippen molar-refractivity contribution >= 4 is 38.7 Å². The summed E-state index contributed by atoms with van der Waals surface area (Å²) in [6, 6.07) is 12.6. The molecule has 36 heavy (non-hydrogen) atoms. The van der Waals surface area contributed by atoms with E-state index < -0.39 is 12.3 Å². The summed E-state index contributed by atoms with van der Waals surface area (Å²) in [7, 11) is 0. The first-order valence-electron chi connectivity index (χ1n) is 11.1. The zero-order chi connectivity index (χ0) is 25.4. The molecule has 184 valence electrons. The van der Waals surface area contributed by atoms with E-state index in [0.29, 0.717) is 28.3 Å². The number of hydrogen-bond donors (Lipinski definition) is 1. The van der Waals surface area contributed by atoms with Crippen LogP contribution in [0.3, 0.4) is 0 Å². The highest BCUT2D eigenvalue weighted by molar-refractivity contribution is 9.10. The molecule has 5 aromatic rings. The molecule has 0 unspecified atom stereocenters. The van der Waals surface area contributed by atoms with E-state index in [1.54, 1.807) is 29.9 Å². The molecule has 0 atom stereocenters. The van der Waals surface area contributed by atoms with Crippen molar-refractivity contribution in [2.45, 2.75) is 33.4 Å². The number of amides is 1. The van der Waals surface area contributed by atoms with E-state index in [2.05, 4.69) is 42.5 Å². The lowest BCUT2D eigenvalue weighted by atomic mass is 10.1. The molecule has 5 rings (SSSR count). The Bertz CT molecular complexity index is 1560. The van der Waals surface area contributed by atoms with E-state index in [9.17, 15) is 13.6 Å². The smallest absolute Gasteiger partial charge is 0.264 e. The number of carbonyl (C=O) groups is 1. The third-order valence-electron chi connectivity index (χ3n) is 5.61. The summed E-state index contributed by atoms with van der Waals surface area (Å²) >= 11 is 3.43. The van der Waals surface area contributed by atoms with Gasteiger partial charge in [0.25, 0.3) is 6.43 Å². The molecule has 8 nitrogen and oxygen atoms in total. The predicted molar refractivity (Wildman–Crippen MR) is 134 cm³/mol. The van der Waals surface area contributed by atoms with Crippen molar-refractivity contribution in [3.05, 3.63) is 81.8 Å². The number of alkyl halides is 2. The van der Waals surface area contributed by atoms with Crippen molar-refractivity contribution in [3.8, 4) is 11.5 Å². The van der Waals surface area contributed by atoms with Gasteiger partial charge in [-0.2, -0.15) is 10.2 Å². The van der Waals surface area contributed by atoms with Gasteiger partial charge < -0.3 is 9.73 Å². The summed E-state index contributed by atoms with van der Waals surface area (Å²) in [5.74, 6) is 0.264. The lowest BCUT2D eigenvalue weighted by molar-refractivity contribution is -0.116. The largest absolute Gasteiger partial charge is 0.463 e. The Morgan fingerprint density at radius 2 is 2.00 bits per heavy atom. The van der Waals surface area contributed by atoms with Gasteiger partial charge in [-0.25, -0.2) is 18.4 Å². The van der Waals surface area contributed by atoms with Gasteiger partial charge in [0.15, 0.2) is 17.2 Å². The molecular formula is C25H21BrF2N6O2. The SMILES string of the molecule is Cc1cccc(Cn2cc(Br)c(NC(=O)Cn3nc(C)c4c(C(F)F)cc(-c5ccco5)nc43)n2)c1. The van der Waals surface area contributed by atoms with Crippen molar-refractivity contribution in [3.63, 3.8) is 0 Å². The number of anilines is 1. The van der Waals surface area contributed by atoms with E-state index in [1.807, 2.05) is 25.1 Å². The van der Waals surface area contributed by atoms with Gasteiger partial charge in [0.05, 0.1) is 28.4 Å². The molecule has 0 fully saturated rings. The Morgan fingerprint density at radius 1 is 1.17 bits per heavy atom. The molecule has 11 heteroatoms. The summed E-state index contributed by atoms with van der Waals surface area (Å²) in [6.07, 6.45) is 0.467. The molecule has 1 aromatic carbocycles. The summed E-state index contributed by atoms with van der Waals surface area (Å²) in [5.41, 5.74) is 2.78. The molecule has 0 aliphatic carbocycles. The Balaban J connectivity index is 1.40. The van der Waals surface area contributed by atoms with Gasteiger partial charge in [0, 0.05) is 11.8 Å². The zero-order valence-corrected chi connectivity index (χ0v) is 21.0. The fraction of sp³-hybridized carbons (Fsp3) is 0.200. The van der Waals surface area contributed by atoms with Crippen LogP contribution in [0.15, 0.2) is 63.8 Å². The summed E-state index contributed by atoms with van der Waals surface area (Å²) in [5, 5.41) is 11.7. The molecule has 4 heterocycles. The van der Waals surface area contributed by atoms with Crippen LogP contribution in [0, 0.1) is 13.8 Å². The molecular weight excluding hydrogens is 534 g/mol. The highest BCUT2D eigenvalue weighted by Gasteiger charge is 2.23. The second-order valence-electron chi connectivity index (χ2n) is 8.38. The number of pyridine rings is 1. The number of rotatable bonds is 7. The number of aromatic nitrogens is 5. The fourth-order valence-corrected chi connectivity index (χ4v) is 4.50. The maximum atomic E-state index is 13.9. The highest BCUT2D eigenvalue weighted by atomic mass is 79.9. The monoisotopic (exact) mass is 554 g/mol. The maximum absolute atomic E-state index is 13.9. The van der Waals surface area contributed by atoms with Crippen molar-refractivity contribution < 1.29 is 18.0 Å². The zero-order valence-electron chi connectivity index (χ0n) is 19.4. The minimum Gasteiger partial charge on any atom is -0.463 e. The molecule has 0 spiro atoms. The molecule has 0 saturated carbocycles. The van der Waals surface area contributed by atoms with Crippen LogP contribution in [0.1, 0.15) is 28.8 Å². The van der Waals surface area contributed by atoms with Gasteiger partial charge in [-0.15, -0.1) is 0 Å². The minimum absolute atomic E-state index is 0.177. The maximum Gasteiger partial charge on any atom is 0.264 e. The lowest BCUT2D eigenvalue weighted by Gasteiger charge is -2.08. The van der Waals surface area contributed by atoms with Crippen LogP contribution < -0.4 is 5.32 Å². The van der Waals surface area contributed by atoms with E-state index >= 15 is 0 Å². The van der Waals surface area contributed by atoms with Crippen LogP contribution >= 0.6 is 15.9 Å².